The van der Waals surface area contributed by atoms with Gasteiger partial charge in [0.1, 0.15) is 0 Å². The second-order valence-corrected chi connectivity index (χ2v) is 30.5. The van der Waals surface area contributed by atoms with Gasteiger partial charge >= 0.3 is 313 Å². The van der Waals surface area contributed by atoms with Crippen LogP contribution >= 0.6 is 15.9 Å². The monoisotopic (exact) mass is 740 g/mol. The SMILES string of the molecule is CC(C)(C)c1cc(C[S]2=[Ti]=[S](Cc3cc(C(C)(C)C)cc(C4(C)CCCCC4)c3O)[C@H]3CCCCCC[C@@H]32)c(O)c(C2(C)CCCCC2)c1. The summed E-state index contributed by atoms with van der Waals surface area (Å²) in [5.41, 5.74) is 8.13. The molecule has 6 rings (SSSR count). The minimum absolute atomic E-state index is 0.0621. The molecule has 3 aliphatic carbocycles. The van der Waals surface area contributed by atoms with Gasteiger partial charge in [-0.15, -0.1) is 0 Å². The van der Waals surface area contributed by atoms with Crippen LogP contribution in [0.25, 0.3) is 0 Å². The molecule has 1 heterocycles. The summed E-state index contributed by atoms with van der Waals surface area (Å²) in [6, 6.07) is 9.65. The second kappa shape index (κ2) is 15.1. The van der Waals surface area contributed by atoms with Crippen molar-refractivity contribution in [1.82, 2.24) is 0 Å². The number of hydrogen-bond donors (Lipinski definition) is 2. The molecule has 2 unspecified atom stereocenters. The van der Waals surface area contributed by atoms with Crippen LogP contribution in [-0.4, -0.2) is 20.7 Å². The van der Waals surface area contributed by atoms with Gasteiger partial charge in [-0.2, -0.15) is 0 Å². The standard InChI is InChI=1S/C44H68O2S2.Ti/c1-41(2,3)33-25-31(39(45)35(27-33)43(7)21-15-11-16-22-43)29-47-37-19-13-9-10-14-20-38(37)48-30-32-26-34(42(4,5)6)28-36(40(32)46)44(8)23-17-12-18-24-44;/h25-28,37-38,45-46H,9-24,29-30H2,1-8H3;/t37-,38-;/m0./s1. The summed E-state index contributed by atoms with van der Waals surface area (Å²) < 4.78 is 0. The Kier molecular flexibility index (Phi) is 11.7. The first kappa shape index (κ1) is 38.2. The molecular formula is C44H68O2S2Ti. The molecule has 3 saturated carbocycles. The minimum atomic E-state index is -0.247. The van der Waals surface area contributed by atoms with Crippen LogP contribution in [0.3, 0.4) is 0 Å². The Bertz CT molecular complexity index is 1470. The van der Waals surface area contributed by atoms with Crippen molar-refractivity contribution in [2.75, 3.05) is 0 Å². The summed E-state index contributed by atoms with van der Waals surface area (Å²) in [5.74, 6) is 3.46. The zero-order valence-corrected chi connectivity index (χ0v) is 35.6. The summed E-state index contributed by atoms with van der Waals surface area (Å²) >= 11 is -0.247. The molecule has 0 saturated heterocycles. The molecule has 4 aliphatic rings. The van der Waals surface area contributed by atoms with Crippen molar-refractivity contribution in [2.24, 2.45) is 0 Å². The summed E-state index contributed by atoms with van der Waals surface area (Å²) in [5, 5.41) is 25.9. The molecule has 2 nitrogen and oxygen atoms in total. The summed E-state index contributed by atoms with van der Waals surface area (Å²) in [4.78, 5) is 0. The van der Waals surface area contributed by atoms with E-state index in [1.165, 1.54) is 136 Å². The molecule has 4 atom stereocenters. The number of rotatable bonds is 6. The number of fused-ring (bicyclic) bond motifs is 1. The van der Waals surface area contributed by atoms with E-state index in [9.17, 15) is 10.2 Å². The zero-order chi connectivity index (χ0) is 35.2. The maximum absolute atomic E-state index is 12.2. The van der Waals surface area contributed by atoms with Gasteiger partial charge in [-0.05, 0) is 0 Å². The van der Waals surface area contributed by atoms with Gasteiger partial charge in [0.15, 0.2) is 0 Å². The quantitative estimate of drug-likeness (QED) is 0.290. The van der Waals surface area contributed by atoms with Crippen molar-refractivity contribution < 1.29 is 25.7 Å². The van der Waals surface area contributed by atoms with Crippen molar-refractivity contribution in [2.45, 2.75) is 202 Å². The Hall–Kier alpha value is -0.546. The average Bonchev–Trinajstić information content (AvgIpc) is 3.32. The fourth-order valence-electron chi connectivity index (χ4n) is 9.53. The van der Waals surface area contributed by atoms with Crippen molar-refractivity contribution in [1.29, 1.82) is 0 Å². The van der Waals surface area contributed by atoms with E-state index in [-0.39, 0.29) is 37.1 Å². The van der Waals surface area contributed by atoms with Gasteiger partial charge in [-0.25, -0.2) is 0 Å². The molecule has 272 valence electrons. The average molecular weight is 741 g/mol. The molecule has 2 aromatic carbocycles. The van der Waals surface area contributed by atoms with Crippen molar-refractivity contribution in [3.63, 3.8) is 0 Å². The number of phenolic OH excluding ortho intramolecular Hbond substituents is 2. The Morgan fingerprint density at radius 1 is 0.571 bits per heavy atom. The molecule has 2 aromatic rings. The topological polar surface area (TPSA) is 40.5 Å². The molecule has 5 heteroatoms. The Balaban J connectivity index is 1.44. The molecule has 0 radical (unpaired) electrons. The molecule has 0 amide bonds. The van der Waals surface area contributed by atoms with Crippen LogP contribution in [0, 0.1) is 0 Å². The Morgan fingerprint density at radius 2 is 0.918 bits per heavy atom. The van der Waals surface area contributed by atoms with Crippen LogP contribution in [0.2, 0.25) is 0 Å². The van der Waals surface area contributed by atoms with Gasteiger partial charge in [0, 0.05) is 0 Å². The Labute approximate surface area is 310 Å². The van der Waals surface area contributed by atoms with Crippen molar-refractivity contribution >= 4 is 15.9 Å². The number of phenols is 2. The van der Waals surface area contributed by atoms with Gasteiger partial charge in [0.2, 0.25) is 0 Å². The molecule has 0 aromatic heterocycles. The van der Waals surface area contributed by atoms with Crippen molar-refractivity contribution in [3.05, 3.63) is 57.6 Å². The molecule has 0 spiro atoms. The van der Waals surface area contributed by atoms with Gasteiger partial charge in [0.05, 0.1) is 0 Å². The number of hydrogen-bond acceptors (Lipinski definition) is 2. The van der Waals surface area contributed by atoms with E-state index in [1.54, 1.807) is 0 Å². The van der Waals surface area contributed by atoms with E-state index in [4.69, 9.17) is 0 Å². The third kappa shape index (κ3) is 8.34. The van der Waals surface area contributed by atoms with Gasteiger partial charge in [-0.3, -0.25) is 0 Å². The molecule has 0 bridgehead atoms. The van der Waals surface area contributed by atoms with Crippen LogP contribution < -0.4 is 0 Å². The normalized spacial score (nSPS) is 27.3. The van der Waals surface area contributed by atoms with E-state index >= 15 is 0 Å². The predicted octanol–water partition coefficient (Wildman–Crippen LogP) is 13.4. The third-order valence-corrected chi connectivity index (χ3v) is 29.0. The van der Waals surface area contributed by atoms with Gasteiger partial charge in [-0.1, -0.05) is 0 Å². The Morgan fingerprint density at radius 3 is 1.27 bits per heavy atom. The number of aromatic hydroxyl groups is 2. The van der Waals surface area contributed by atoms with E-state index in [0.717, 1.165) is 22.0 Å². The fraction of sp³-hybridized carbons (Fsp3) is 0.727. The van der Waals surface area contributed by atoms with Gasteiger partial charge in [0.25, 0.3) is 0 Å². The van der Waals surface area contributed by atoms with Crippen LogP contribution in [0.5, 0.6) is 11.5 Å². The third-order valence-electron chi connectivity index (χ3n) is 13.0. The van der Waals surface area contributed by atoms with Crippen LogP contribution in [0.1, 0.15) is 192 Å². The van der Waals surface area contributed by atoms with E-state index in [1.807, 2.05) is 0 Å². The van der Waals surface area contributed by atoms with Crippen LogP contribution in [0.15, 0.2) is 24.3 Å². The van der Waals surface area contributed by atoms with Crippen LogP contribution in [-0.2, 0) is 48.6 Å². The summed E-state index contributed by atoms with van der Waals surface area (Å²) in [7, 11) is 0.719. The van der Waals surface area contributed by atoms with Crippen LogP contribution in [0.4, 0.5) is 0 Å². The predicted molar refractivity (Wildman–Crippen MR) is 212 cm³/mol. The number of benzene rings is 2. The van der Waals surface area contributed by atoms with Crippen molar-refractivity contribution in [3.8, 4) is 11.5 Å². The first-order valence-electron chi connectivity index (χ1n) is 20.0. The molecule has 3 fully saturated rings. The first-order chi connectivity index (χ1) is 23.1. The first-order valence-corrected chi connectivity index (χ1v) is 26.7. The van der Waals surface area contributed by atoms with E-state index < -0.39 is 0 Å². The summed E-state index contributed by atoms with van der Waals surface area (Å²) in [6.45, 7) is 19.0. The molecule has 2 N–H and O–H groups in total. The maximum atomic E-state index is 12.2. The molecule has 1 aliphatic heterocycles. The van der Waals surface area contributed by atoms with E-state index in [0.29, 0.717) is 27.4 Å². The zero-order valence-electron chi connectivity index (χ0n) is 32.4. The molecule has 49 heavy (non-hydrogen) atoms. The van der Waals surface area contributed by atoms with E-state index in [2.05, 4.69) is 79.7 Å². The fourth-order valence-corrected chi connectivity index (χ4v) is 30.4. The summed E-state index contributed by atoms with van der Waals surface area (Å²) in [6.07, 6.45) is 20.8. The van der Waals surface area contributed by atoms with Gasteiger partial charge < -0.3 is 0 Å². The molecular weight excluding hydrogens is 672 g/mol. The second-order valence-electron chi connectivity index (χ2n) is 19.1.